The van der Waals surface area contributed by atoms with Crippen molar-refractivity contribution < 1.29 is 9.84 Å². The number of rotatable bonds is 9. The Morgan fingerprint density at radius 1 is 1.02 bits per heavy atom. The summed E-state index contributed by atoms with van der Waals surface area (Å²) in [5, 5.41) is 18.4. The maximum atomic E-state index is 10.1. The number of nitrogens with one attached hydrogen (secondary N) is 1. The van der Waals surface area contributed by atoms with Gasteiger partial charge in [0.05, 0.1) is 24.4 Å². The van der Waals surface area contributed by atoms with Gasteiger partial charge in [-0.2, -0.15) is 0 Å². The van der Waals surface area contributed by atoms with Crippen LogP contribution in [0.5, 0.6) is 0 Å². The van der Waals surface area contributed by atoms with E-state index in [1.54, 1.807) is 7.11 Å². The lowest BCUT2D eigenvalue weighted by molar-refractivity contribution is 0.121. The number of ether oxygens (including phenoxy) is 1. The Morgan fingerprint density at radius 3 is 2.50 bits per heavy atom. The number of benzene rings is 1. The van der Waals surface area contributed by atoms with E-state index in [0.717, 1.165) is 86.7 Å². The van der Waals surface area contributed by atoms with Crippen LogP contribution in [0.25, 0.3) is 16.6 Å². The van der Waals surface area contributed by atoms with Crippen LogP contribution < -0.4 is 10.2 Å². The molecule has 1 aliphatic heterocycles. The molecule has 10 heteroatoms. The van der Waals surface area contributed by atoms with Crippen molar-refractivity contribution in [2.24, 2.45) is 0 Å². The first-order valence-corrected chi connectivity index (χ1v) is 15.2. The summed E-state index contributed by atoms with van der Waals surface area (Å²) in [7, 11) is 1.70. The molecule has 2 aliphatic rings. The largest absolute Gasteiger partial charge is 0.393 e. The Hall–Kier alpha value is -3.60. The summed E-state index contributed by atoms with van der Waals surface area (Å²) in [5.74, 6) is 1.78. The minimum atomic E-state index is -0.194. The molecule has 10 nitrogen and oxygen atoms in total. The van der Waals surface area contributed by atoms with Gasteiger partial charge in [-0.3, -0.25) is 4.90 Å². The maximum Gasteiger partial charge on any atom is 0.241 e. The van der Waals surface area contributed by atoms with E-state index < -0.39 is 0 Å². The van der Waals surface area contributed by atoms with Crippen LogP contribution in [0, 0.1) is 6.92 Å². The summed E-state index contributed by atoms with van der Waals surface area (Å²) in [6.07, 6.45) is 7.15. The summed E-state index contributed by atoms with van der Waals surface area (Å²) in [4.78, 5) is 18.5. The second-order valence-corrected chi connectivity index (χ2v) is 11.8. The predicted octanol–water partition coefficient (Wildman–Crippen LogP) is 4.28. The normalized spacial score (nSPS) is 20.6. The summed E-state index contributed by atoms with van der Waals surface area (Å²) in [6.45, 7) is 9.40. The average molecular weight is 571 g/mol. The van der Waals surface area contributed by atoms with Crippen LogP contribution in [0.2, 0.25) is 0 Å². The molecule has 1 atom stereocenters. The van der Waals surface area contributed by atoms with Crippen molar-refractivity contribution in [3.05, 3.63) is 65.7 Å². The zero-order valence-corrected chi connectivity index (χ0v) is 24.9. The van der Waals surface area contributed by atoms with Gasteiger partial charge in [0, 0.05) is 74.9 Å². The molecule has 1 aliphatic carbocycles. The first kappa shape index (κ1) is 28.5. The van der Waals surface area contributed by atoms with Gasteiger partial charge in [-0.15, -0.1) is 5.10 Å². The average Bonchev–Trinajstić information content (AvgIpc) is 3.37. The third-order valence-corrected chi connectivity index (χ3v) is 8.56. The molecule has 1 saturated heterocycles. The van der Waals surface area contributed by atoms with Crippen LogP contribution >= 0.6 is 0 Å². The summed E-state index contributed by atoms with van der Waals surface area (Å²) >= 11 is 0. The minimum absolute atomic E-state index is 0.0992. The lowest BCUT2D eigenvalue weighted by Crippen LogP contribution is -2.46. The summed E-state index contributed by atoms with van der Waals surface area (Å²) in [6, 6.07) is 13.3. The number of anilines is 2. The van der Waals surface area contributed by atoms with E-state index in [4.69, 9.17) is 9.84 Å². The Balaban J connectivity index is 1.19. The van der Waals surface area contributed by atoms with Crippen LogP contribution in [0.1, 0.15) is 55.5 Å². The lowest BCUT2D eigenvalue weighted by atomic mass is 9.85. The van der Waals surface area contributed by atoms with Crippen molar-refractivity contribution >= 4 is 17.4 Å². The van der Waals surface area contributed by atoms with E-state index in [2.05, 4.69) is 71.8 Å². The van der Waals surface area contributed by atoms with Gasteiger partial charge in [-0.1, -0.05) is 24.3 Å². The van der Waals surface area contributed by atoms with E-state index in [1.165, 1.54) is 11.3 Å². The van der Waals surface area contributed by atoms with Gasteiger partial charge in [0.15, 0.2) is 0 Å². The van der Waals surface area contributed by atoms with Crippen LogP contribution in [0.3, 0.4) is 0 Å². The second-order valence-electron chi connectivity index (χ2n) is 11.8. The fraction of sp³-hybridized carbons (Fsp3) is 0.500. The van der Waals surface area contributed by atoms with Gasteiger partial charge >= 0.3 is 0 Å². The maximum absolute atomic E-state index is 10.1. The Labute approximate surface area is 247 Å². The van der Waals surface area contributed by atoms with Crippen LogP contribution in [-0.4, -0.2) is 86.6 Å². The number of hydrogen-bond acceptors (Lipinski definition) is 9. The molecule has 222 valence electrons. The first-order valence-electron chi connectivity index (χ1n) is 15.2. The fourth-order valence-corrected chi connectivity index (χ4v) is 6.23. The smallest absolute Gasteiger partial charge is 0.241 e. The number of piperazine rings is 1. The zero-order chi connectivity index (χ0) is 29.1. The van der Waals surface area contributed by atoms with E-state index in [0.29, 0.717) is 18.5 Å². The minimum Gasteiger partial charge on any atom is -0.393 e. The molecule has 1 saturated carbocycles. The number of nitrogens with zero attached hydrogens (tertiary/aromatic N) is 7. The zero-order valence-electron chi connectivity index (χ0n) is 24.9. The van der Waals surface area contributed by atoms with E-state index >= 15 is 0 Å². The highest BCUT2D eigenvalue weighted by atomic mass is 16.5. The number of aromatic nitrogens is 5. The molecule has 0 radical (unpaired) electrons. The van der Waals surface area contributed by atoms with E-state index in [9.17, 15) is 5.11 Å². The van der Waals surface area contributed by atoms with E-state index in [-0.39, 0.29) is 12.1 Å². The molecule has 6 rings (SSSR count). The van der Waals surface area contributed by atoms with Crippen molar-refractivity contribution in [2.45, 2.75) is 64.1 Å². The predicted molar refractivity (Wildman–Crippen MR) is 165 cm³/mol. The molecule has 3 aromatic heterocycles. The van der Waals surface area contributed by atoms with E-state index in [1.807, 2.05) is 25.4 Å². The second kappa shape index (κ2) is 12.7. The molecule has 0 unspecified atom stereocenters. The SMILES string of the molecule is COC[C@H](C)Nc1ncc2c(-c3ccc(CN4CCN(c5nccc(C)n5)CC4)cc3)cc([C@H]3CC[C@H](O)CC3)n2n1. The highest BCUT2D eigenvalue weighted by Gasteiger charge is 2.26. The van der Waals surface area contributed by atoms with Gasteiger partial charge in [-0.25, -0.2) is 19.5 Å². The number of fused-ring (bicyclic) bond motifs is 1. The Morgan fingerprint density at radius 2 is 1.79 bits per heavy atom. The number of aliphatic hydroxyl groups is 1. The molecule has 0 spiro atoms. The Kier molecular flexibility index (Phi) is 8.64. The third kappa shape index (κ3) is 6.40. The quantitative estimate of drug-likeness (QED) is 0.305. The molecule has 0 bridgehead atoms. The molecule has 4 heterocycles. The number of aliphatic hydroxyl groups excluding tert-OH is 1. The van der Waals surface area contributed by atoms with Gasteiger partial charge < -0.3 is 20.1 Å². The van der Waals surface area contributed by atoms with Crippen molar-refractivity contribution in [2.75, 3.05) is 50.1 Å². The molecule has 1 aromatic carbocycles. The van der Waals surface area contributed by atoms with Gasteiger partial charge in [0.25, 0.3) is 0 Å². The molecular weight excluding hydrogens is 528 g/mol. The van der Waals surface area contributed by atoms with Crippen LogP contribution in [0.4, 0.5) is 11.9 Å². The highest BCUT2D eigenvalue weighted by molar-refractivity contribution is 5.81. The van der Waals surface area contributed by atoms with Crippen molar-refractivity contribution in [1.29, 1.82) is 0 Å². The standard InChI is InChI=1S/C32H42N8O2/c1-22-12-13-33-32(36-22)39-16-14-38(15-17-39)20-24-4-6-25(7-5-24)28-18-29(26-8-10-27(41)11-9-26)40-30(28)19-34-31(37-40)35-23(2)21-42-3/h4-7,12-13,18-19,23,26-27,41H,8-11,14-17,20-21H2,1-3H3,(H,35,37)/t23-,26-,27-/m0/s1. The van der Waals surface area contributed by atoms with Crippen molar-refractivity contribution in [3.8, 4) is 11.1 Å². The number of hydrogen-bond donors (Lipinski definition) is 2. The lowest BCUT2D eigenvalue weighted by Gasteiger charge is -2.34. The Bertz CT molecular complexity index is 1470. The van der Waals surface area contributed by atoms with Crippen molar-refractivity contribution in [1.82, 2.24) is 29.5 Å². The molecular formula is C32H42N8O2. The topological polar surface area (TPSA) is 104 Å². The summed E-state index contributed by atoms with van der Waals surface area (Å²) in [5.41, 5.74) is 6.81. The van der Waals surface area contributed by atoms with Crippen molar-refractivity contribution in [3.63, 3.8) is 0 Å². The molecule has 0 amide bonds. The molecule has 4 aromatic rings. The van der Waals surface area contributed by atoms with Crippen LogP contribution in [-0.2, 0) is 11.3 Å². The number of aryl methyl sites for hydroxylation is 1. The first-order chi connectivity index (χ1) is 20.5. The summed E-state index contributed by atoms with van der Waals surface area (Å²) < 4.78 is 7.35. The molecule has 2 fully saturated rings. The van der Waals surface area contributed by atoms with Gasteiger partial charge in [-0.05, 0) is 62.8 Å². The third-order valence-electron chi connectivity index (χ3n) is 8.56. The molecule has 42 heavy (non-hydrogen) atoms. The fourth-order valence-electron chi connectivity index (χ4n) is 6.23. The monoisotopic (exact) mass is 570 g/mol. The molecule has 2 N–H and O–H groups in total. The highest BCUT2D eigenvalue weighted by Crippen LogP contribution is 2.37. The van der Waals surface area contributed by atoms with Crippen LogP contribution in [0.15, 0.2) is 48.8 Å². The van der Waals surface area contributed by atoms with Gasteiger partial charge in [0.2, 0.25) is 11.9 Å². The number of methoxy groups -OCH3 is 1. The van der Waals surface area contributed by atoms with Gasteiger partial charge in [0.1, 0.15) is 0 Å².